The molecule has 0 aromatic heterocycles. The Kier molecular flexibility index (Phi) is 73.0. The van der Waals surface area contributed by atoms with Crippen molar-refractivity contribution in [2.45, 2.75) is 431 Å². The molecule has 3 N–H and O–H groups in total. The van der Waals surface area contributed by atoms with E-state index in [0.717, 1.165) is 109 Å². The molecule has 0 spiro atoms. The predicted octanol–water partition coefficient (Wildman–Crippen LogP) is 24.1. The van der Waals surface area contributed by atoms with Crippen LogP contribution in [0.5, 0.6) is 0 Å². The second-order valence-corrected chi connectivity index (χ2v) is 31.4. The van der Waals surface area contributed by atoms with Crippen LogP contribution in [0.2, 0.25) is 0 Å². The Hall–Kier alpha value is -2.46. The van der Waals surface area contributed by atoms with Crippen molar-refractivity contribution in [3.8, 4) is 0 Å². The first-order valence-electron chi connectivity index (χ1n) is 41.6. The van der Waals surface area contributed by atoms with Gasteiger partial charge in [0.25, 0.3) is 0 Å². The first-order valence-corrected chi connectivity index (χ1v) is 44.6. The molecule has 0 aromatic carbocycles. The normalized spacial score (nSPS) is 13.9. The standard InChI is InChI=1S/C81H154O17P2/c1-5-9-13-17-21-25-29-32-35-36-37-38-39-40-42-45-48-52-56-60-64-68-81(86)98-77(72-92-79(84)66-62-58-54-50-46-44-41-33-30-26-22-18-14-10-6-2)74-96-100(89,90)94-70-75(82)69-93-99(87,88)95-73-76(71-91-78(83)65-61-57-53-49-28-24-20-16-12-8-4)97-80(85)67-63-59-55-51-47-43-34-31-27-23-19-15-11-7-3/h26,30,33,41,75-77,82H,5-25,27-29,31-32,34-40,42-74H2,1-4H3,(H,87,88)(H,89,90)/b30-26-,41-33-/t75-,76+,77+/m0/s1. The summed E-state index contributed by atoms with van der Waals surface area (Å²) in [6.07, 6.45) is 70.2. The molecule has 0 amide bonds. The SMILES string of the molecule is CCCCCC/C=C\C=C/CCCCCCCC(=O)OC[C@H](COP(=O)(O)OC[C@@H](O)COP(=O)(O)OC[C@@H](COC(=O)CCCCCCCCCCCC)OC(=O)CCCCCCCCCCCCCCCC)OC(=O)CCCCCCCCCCCCCCCCCCCCCCC. The third-order valence-corrected chi connectivity index (χ3v) is 20.4. The van der Waals surface area contributed by atoms with E-state index in [4.69, 9.17) is 37.0 Å². The Morgan fingerprint density at radius 1 is 0.280 bits per heavy atom. The second-order valence-electron chi connectivity index (χ2n) is 28.5. The van der Waals surface area contributed by atoms with E-state index in [2.05, 4.69) is 52.0 Å². The lowest BCUT2D eigenvalue weighted by Crippen LogP contribution is -2.30. The first-order chi connectivity index (χ1) is 48.7. The maximum Gasteiger partial charge on any atom is 0.472 e. The molecular formula is C81H154O17P2. The first kappa shape index (κ1) is 97.5. The lowest BCUT2D eigenvalue weighted by molar-refractivity contribution is -0.161. The van der Waals surface area contributed by atoms with Crippen molar-refractivity contribution in [1.82, 2.24) is 0 Å². The van der Waals surface area contributed by atoms with Crippen LogP contribution in [0.1, 0.15) is 413 Å². The number of aliphatic hydroxyl groups is 1. The molecule has 590 valence electrons. The van der Waals surface area contributed by atoms with Gasteiger partial charge < -0.3 is 33.8 Å². The molecule has 19 heteroatoms. The Labute approximate surface area is 612 Å². The van der Waals surface area contributed by atoms with Gasteiger partial charge in [0.15, 0.2) is 12.2 Å². The zero-order chi connectivity index (χ0) is 73.2. The topological polar surface area (TPSA) is 237 Å². The number of esters is 4. The molecule has 0 aliphatic carbocycles. The van der Waals surface area contributed by atoms with Gasteiger partial charge in [-0.3, -0.25) is 37.3 Å². The summed E-state index contributed by atoms with van der Waals surface area (Å²) >= 11 is 0. The minimum absolute atomic E-state index is 0.102. The van der Waals surface area contributed by atoms with Gasteiger partial charge in [-0.25, -0.2) is 9.13 Å². The van der Waals surface area contributed by atoms with Crippen molar-refractivity contribution in [3.63, 3.8) is 0 Å². The number of ether oxygens (including phenoxy) is 4. The monoisotopic (exact) mass is 1460 g/mol. The number of rotatable bonds is 80. The van der Waals surface area contributed by atoms with E-state index in [0.29, 0.717) is 25.7 Å². The highest BCUT2D eigenvalue weighted by Gasteiger charge is 2.30. The van der Waals surface area contributed by atoms with Crippen molar-refractivity contribution in [2.24, 2.45) is 0 Å². The van der Waals surface area contributed by atoms with Gasteiger partial charge in [-0.1, -0.05) is 360 Å². The van der Waals surface area contributed by atoms with Crippen LogP contribution in [-0.2, 0) is 65.4 Å². The zero-order valence-electron chi connectivity index (χ0n) is 64.7. The average Bonchev–Trinajstić information content (AvgIpc) is 0.986. The molecule has 0 saturated heterocycles. The molecule has 0 heterocycles. The predicted molar refractivity (Wildman–Crippen MR) is 409 cm³/mol. The number of unbranched alkanes of at least 4 members (excludes halogenated alkanes) is 51. The van der Waals surface area contributed by atoms with Crippen LogP contribution in [-0.4, -0.2) is 96.7 Å². The van der Waals surface area contributed by atoms with Crippen LogP contribution < -0.4 is 0 Å². The summed E-state index contributed by atoms with van der Waals surface area (Å²) in [6, 6.07) is 0. The molecule has 100 heavy (non-hydrogen) atoms. The Morgan fingerprint density at radius 3 is 0.730 bits per heavy atom. The summed E-state index contributed by atoms with van der Waals surface area (Å²) in [5.74, 6) is -2.14. The summed E-state index contributed by atoms with van der Waals surface area (Å²) in [7, 11) is -9.93. The smallest absolute Gasteiger partial charge is 0.462 e. The molecule has 2 unspecified atom stereocenters. The molecule has 0 aromatic rings. The maximum absolute atomic E-state index is 13.1. The fourth-order valence-corrected chi connectivity index (χ4v) is 13.7. The van der Waals surface area contributed by atoms with Gasteiger partial charge in [0.1, 0.15) is 19.3 Å². The molecule has 0 bridgehead atoms. The van der Waals surface area contributed by atoms with Gasteiger partial charge in [0.2, 0.25) is 0 Å². The lowest BCUT2D eigenvalue weighted by atomic mass is 10.0. The largest absolute Gasteiger partial charge is 0.472 e. The Balaban J connectivity index is 5.24. The summed E-state index contributed by atoms with van der Waals surface area (Å²) in [6.45, 7) is 4.95. The van der Waals surface area contributed by atoms with E-state index in [1.165, 1.54) is 225 Å². The minimum Gasteiger partial charge on any atom is -0.462 e. The van der Waals surface area contributed by atoms with E-state index < -0.39 is 97.5 Å². The average molecular weight is 1460 g/mol. The number of hydrogen-bond donors (Lipinski definition) is 3. The van der Waals surface area contributed by atoms with Gasteiger partial charge in [0, 0.05) is 25.7 Å². The summed E-state index contributed by atoms with van der Waals surface area (Å²) in [5.41, 5.74) is 0. The Bertz CT molecular complexity index is 1990. The highest BCUT2D eigenvalue weighted by molar-refractivity contribution is 7.47. The van der Waals surface area contributed by atoms with E-state index in [1.807, 2.05) is 0 Å². The number of carbonyl (C=O) groups excluding carboxylic acids is 4. The van der Waals surface area contributed by atoms with Crippen molar-refractivity contribution < 1.29 is 80.2 Å². The fourth-order valence-electron chi connectivity index (χ4n) is 12.1. The molecule has 5 atom stereocenters. The second kappa shape index (κ2) is 74.8. The maximum atomic E-state index is 13.1. The Morgan fingerprint density at radius 2 is 0.480 bits per heavy atom. The van der Waals surface area contributed by atoms with Crippen molar-refractivity contribution >= 4 is 39.5 Å². The summed E-state index contributed by atoms with van der Waals surface area (Å²) in [5, 5.41) is 10.6. The van der Waals surface area contributed by atoms with Gasteiger partial charge >= 0.3 is 39.5 Å². The van der Waals surface area contributed by atoms with E-state index in [1.54, 1.807) is 0 Å². The molecule has 0 fully saturated rings. The molecule has 0 saturated carbocycles. The number of phosphoric ester groups is 2. The van der Waals surface area contributed by atoms with Crippen molar-refractivity contribution in [3.05, 3.63) is 24.3 Å². The summed E-state index contributed by atoms with van der Waals surface area (Å²) in [4.78, 5) is 73.0. The van der Waals surface area contributed by atoms with Gasteiger partial charge in [-0.05, 0) is 51.4 Å². The lowest BCUT2D eigenvalue weighted by Gasteiger charge is -2.21. The van der Waals surface area contributed by atoms with Crippen LogP contribution >= 0.6 is 15.6 Å². The van der Waals surface area contributed by atoms with Crippen LogP contribution in [0.15, 0.2) is 24.3 Å². The van der Waals surface area contributed by atoms with Crippen LogP contribution in [0.4, 0.5) is 0 Å². The third-order valence-electron chi connectivity index (χ3n) is 18.5. The fraction of sp³-hybridized carbons (Fsp3) is 0.901. The van der Waals surface area contributed by atoms with E-state index in [-0.39, 0.29) is 25.7 Å². The van der Waals surface area contributed by atoms with Gasteiger partial charge in [-0.15, -0.1) is 0 Å². The third kappa shape index (κ3) is 73.8. The highest BCUT2D eigenvalue weighted by atomic mass is 31.2. The molecule has 0 radical (unpaired) electrons. The number of carbonyl (C=O) groups is 4. The van der Waals surface area contributed by atoms with Gasteiger partial charge in [0.05, 0.1) is 26.4 Å². The zero-order valence-corrected chi connectivity index (χ0v) is 66.5. The van der Waals surface area contributed by atoms with Gasteiger partial charge in [-0.2, -0.15) is 0 Å². The number of hydrogen-bond acceptors (Lipinski definition) is 15. The molecule has 0 aliphatic rings. The minimum atomic E-state index is -4.97. The number of allylic oxidation sites excluding steroid dienone is 4. The van der Waals surface area contributed by atoms with Crippen LogP contribution in [0.3, 0.4) is 0 Å². The highest BCUT2D eigenvalue weighted by Crippen LogP contribution is 2.45. The molecular weight excluding hydrogens is 1310 g/mol. The molecule has 0 aliphatic heterocycles. The van der Waals surface area contributed by atoms with Crippen molar-refractivity contribution in [2.75, 3.05) is 39.6 Å². The van der Waals surface area contributed by atoms with Crippen LogP contribution in [0, 0.1) is 0 Å². The summed E-state index contributed by atoms with van der Waals surface area (Å²) < 4.78 is 68.6. The molecule has 17 nitrogen and oxygen atoms in total. The quantitative estimate of drug-likeness (QED) is 0.0169. The molecule has 0 rings (SSSR count). The van der Waals surface area contributed by atoms with E-state index >= 15 is 0 Å². The number of phosphoric acid groups is 2. The van der Waals surface area contributed by atoms with E-state index in [9.17, 15) is 43.2 Å². The van der Waals surface area contributed by atoms with Crippen LogP contribution in [0.25, 0.3) is 0 Å². The van der Waals surface area contributed by atoms with Crippen molar-refractivity contribution in [1.29, 1.82) is 0 Å². The number of aliphatic hydroxyl groups excluding tert-OH is 1.